The Hall–Kier alpha value is -0.0800. The van der Waals surface area contributed by atoms with Crippen LogP contribution in [-0.2, 0) is 0 Å². The van der Waals surface area contributed by atoms with E-state index in [1.165, 1.54) is 12.8 Å². The first-order chi connectivity index (χ1) is 6.42. The highest BCUT2D eigenvalue weighted by Gasteiger charge is 2.46. The van der Waals surface area contributed by atoms with Crippen LogP contribution in [0.2, 0.25) is 0 Å². The summed E-state index contributed by atoms with van der Waals surface area (Å²) in [5, 5.41) is 13.6. The third-order valence-corrected chi connectivity index (χ3v) is 4.25. The van der Waals surface area contributed by atoms with E-state index < -0.39 is 5.60 Å². The average Bonchev–Trinajstić information content (AvgIpc) is 2.49. The molecular formula is C12H23NO. The van der Waals surface area contributed by atoms with Gasteiger partial charge in [-0.2, -0.15) is 0 Å². The van der Waals surface area contributed by atoms with Crippen LogP contribution in [0.15, 0.2) is 0 Å². The van der Waals surface area contributed by atoms with Crippen LogP contribution in [0.4, 0.5) is 0 Å². The van der Waals surface area contributed by atoms with E-state index in [4.69, 9.17) is 0 Å². The van der Waals surface area contributed by atoms with Gasteiger partial charge in [0, 0.05) is 6.04 Å². The summed E-state index contributed by atoms with van der Waals surface area (Å²) < 4.78 is 0. The molecule has 2 rings (SSSR count). The van der Waals surface area contributed by atoms with Crippen molar-refractivity contribution in [2.24, 2.45) is 11.3 Å². The Kier molecular flexibility index (Phi) is 2.39. The maximum Gasteiger partial charge on any atom is 0.0772 e. The number of hydrogen-bond acceptors (Lipinski definition) is 2. The van der Waals surface area contributed by atoms with Crippen LogP contribution in [0, 0.1) is 11.3 Å². The first-order valence-corrected chi connectivity index (χ1v) is 5.88. The average molecular weight is 197 g/mol. The summed E-state index contributed by atoms with van der Waals surface area (Å²) in [6.45, 7) is 7.71. The van der Waals surface area contributed by atoms with Crippen LogP contribution in [0.25, 0.3) is 0 Å². The minimum Gasteiger partial charge on any atom is -0.389 e. The van der Waals surface area contributed by atoms with Crippen LogP contribution < -0.4 is 5.32 Å². The van der Waals surface area contributed by atoms with Gasteiger partial charge in [-0.15, -0.1) is 0 Å². The maximum atomic E-state index is 10.1. The Morgan fingerprint density at radius 3 is 2.43 bits per heavy atom. The number of rotatable bonds is 3. The van der Waals surface area contributed by atoms with Crippen molar-refractivity contribution < 1.29 is 5.11 Å². The highest BCUT2D eigenvalue weighted by molar-refractivity contribution is 4.99. The van der Waals surface area contributed by atoms with Crippen LogP contribution in [0.1, 0.15) is 46.5 Å². The minimum absolute atomic E-state index is 0.332. The maximum absolute atomic E-state index is 10.1. The van der Waals surface area contributed by atoms with Gasteiger partial charge < -0.3 is 10.4 Å². The number of nitrogens with one attached hydrogen (secondary N) is 1. The zero-order valence-electron chi connectivity index (χ0n) is 9.64. The van der Waals surface area contributed by atoms with Gasteiger partial charge in [0.05, 0.1) is 5.60 Å². The van der Waals surface area contributed by atoms with Gasteiger partial charge in [0.2, 0.25) is 0 Å². The van der Waals surface area contributed by atoms with E-state index in [1.807, 2.05) is 6.92 Å². The second kappa shape index (κ2) is 3.21. The Balaban J connectivity index is 1.76. The molecule has 82 valence electrons. The van der Waals surface area contributed by atoms with E-state index in [2.05, 4.69) is 19.2 Å². The second-order valence-electron chi connectivity index (χ2n) is 6.10. The molecule has 0 spiro atoms. The van der Waals surface area contributed by atoms with Gasteiger partial charge in [-0.25, -0.2) is 0 Å². The summed E-state index contributed by atoms with van der Waals surface area (Å²) in [6, 6.07) is 0.332. The molecule has 0 aromatic carbocycles. The first-order valence-electron chi connectivity index (χ1n) is 5.88. The molecule has 2 fully saturated rings. The molecule has 0 bridgehead atoms. The van der Waals surface area contributed by atoms with E-state index in [0.717, 1.165) is 25.3 Å². The van der Waals surface area contributed by atoms with Crippen LogP contribution in [0.3, 0.4) is 0 Å². The van der Waals surface area contributed by atoms with E-state index >= 15 is 0 Å². The lowest BCUT2D eigenvalue weighted by Crippen LogP contribution is -2.45. The smallest absolute Gasteiger partial charge is 0.0772 e. The predicted molar refractivity (Wildman–Crippen MR) is 58.2 cm³/mol. The SMILES string of the molecule is CC1(C)CC1CNC1CCCC1(C)O. The summed E-state index contributed by atoms with van der Waals surface area (Å²) >= 11 is 0. The van der Waals surface area contributed by atoms with Crippen molar-refractivity contribution in [2.45, 2.75) is 58.1 Å². The van der Waals surface area contributed by atoms with Crippen molar-refractivity contribution in [2.75, 3.05) is 6.54 Å². The van der Waals surface area contributed by atoms with E-state index in [-0.39, 0.29) is 0 Å². The molecule has 2 nitrogen and oxygen atoms in total. The molecule has 3 unspecified atom stereocenters. The quantitative estimate of drug-likeness (QED) is 0.724. The van der Waals surface area contributed by atoms with Crippen LogP contribution in [-0.4, -0.2) is 23.3 Å². The Labute approximate surface area is 87.1 Å². The molecule has 0 amide bonds. The molecule has 0 aromatic rings. The molecule has 0 aliphatic heterocycles. The molecule has 2 aliphatic carbocycles. The molecule has 0 heterocycles. The van der Waals surface area contributed by atoms with Crippen molar-refractivity contribution in [3.8, 4) is 0 Å². The fraction of sp³-hybridized carbons (Fsp3) is 1.00. The Bertz CT molecular complexity index is 222. The normalized spacial score (nSPS) is 45.4. The Morgan fingerprint density at radius 1 is 1.36 bits per heavy atom. The molecule has 14 heavy (non-hydrogen) atoms. The lowest BCUT2D eigenvalue weighted by Gasteiger charge is -2.26. The van der Waals surface area contributed by atoms with E-state index in [0.29, 0.717) is 11.5 Å². The highest BCUT2D eigenvalue weighted by atomic mass is 16.3. The fourth-order valence-electron chi connectivity index (χ4n) is 2.68. The molecule has 0 radical (unpaired) electrons. The Morgan fingerprint density at radius 2 is 2.00 bits per heavy atom. The minimum atomic E-state index is -0.459. The molecule has 2 N–H and O–H groups in total. The predicted octanol–water partition coefficient (Wildman–Crippen LogP) is 1.93. The first kappa shape index (κ1) is 10.4. The van der Waals surface area contributed by atoms with Crippen molar-refractivity contribution in [1.82, 2.24) is 5.32 Å². The summed E-state index contributed by atoms with van der Waals surface area (Å²) in [7, 11) is 0. The zero-order chi connectivity index (χ0) is 10.4. The van der Waals surface area contributed by atoms with Crippen LogP contribution in [0.5, 0.6) is 0 Å². The molecule has 3 atom stereocenters. The lowest BCUT2D eigenvalue weighted by atomic mass is 10.0. The van der Waals surface area contributed by atoms with Crippen molar-refractivity contribution in [3.63, 3.8) is 0 Å². The van der Waals surface area contributed by atoms with Gasteiger partial charge in [0.25, 0.3) is 0 Å². The molecule has 2 aliphatic rings. The standard InChI is InChI=1S/C12H23NO/c1-11(2)7-9(11)8-13-10-5-4-6-12(10,3)14/h9-10,13-14H,4-8H2,1-3H3. The van der Waals surface area contributed by atoms with Gasteiger partial charge in [0.1, 0.15) is 0 Å². The number of hydrogen-bond donors (Lipinski definition) is 2. The van der Waals surface area contributed by atoms with Gasteiger partial charge in [0.15, 0.2) is 0 Å². The molecule has 0 aromatic heterocycles. The summed E-state index contributed by atoms with van der Waals surface area (Å²) in [4.78, 5) is 0. The molecule has 0 saturated heterocycles. The topological polar surface area (TPSA) is 32.3 Å². The zero-order valence-corrected chi connectivity index (χ0v) is 9.64. The van der Waals surface area contributed by atoms with E-state index in [9.17, 15) is 5.11 Å². The molecule has 2 saturated carbocycles. The molecular weight excluding hydrogens is 174 g/mol. The second-order valence-corrected chi connectivity index (χ2v) is 6.10. The highest BCUT2D eigenvalue weighted by Crippen LogP contribution is 2.51. The summed E-state index contributed by atoms with van der Waals surface area (Å²) in [5.74, 6) is 0.832. The van der Waals surface area contributed by atoms with Gasteiger partial charge >= 0.3 is 0 Å². The molecule has 2 heteroatoms. The van der Waals surface area contributed by atoms with Crippen LogP contribution >= 0.6 is 0 Å². The van der Waals surface area contributed by atoms with Crippen molar-refractivity contribution in [3.05, 3.63) is 0 Å². The van der Waals surface area contributed by atoms with Crippen molar-refractivity contribution >= 4 is 0 Å². The van der Waals surface area contributed by atoms with Gasteiger partial charge in [-0.3, -0.25) is 0 Å². The monoisotopic (exact) mass is 197 g/mol. The fourth-order valence-corrected chi connectivity index (χ4v) is 2.68. The summed E-state index contributed by atoms with van der Waals surface area (Å²) in [6.07, 6.45) is 4.60. The van der Waals surface area contributed by atoms with Crippen molar-refractivity contribution in [1.29, 1.82) is 0 Å². The number of aliphatic hydroxyl groups is 1. The lowest BCUT2D eigenvalue weighted by molar-refractivity contribution is 0.0387. The van der Waals surface area contributed by atoms with Gasteiger partial charge in [-0.05, 0) is 50.5 Å². The third-order valence-electron chi connectivity index (χ3n) is 4.25. The van der Waals surface area contributed by atoms with E-state index in [1.54, 1.807) is 0 Å². The van der Waals surface area contributed by atoms with Gasteiger partial charge in [-0.1, -0.05) is 13.8 Å². The summed E-state index contributed by atoms with van der Waals surface area (Å²) in [5.41, 5.74) is 0.0937. The third kappa shape index (κ3) is 1.96. The largest absolute Gasteiger partial charge is 0.389 e.